The zero-order valence-corrected chi connectivity index (χ0v) is 11.4. The number of amidine groups is 1. The summed E-state index contributed by atoms with van der Waals surface area (Å²) < 4.78 is 2.12. The quantitative estimate of drug-likeness (QED) is 0.327. The highest BCUT2D eigenvalue weighted by molar-refractivity contribution is 5.82. The fraction of sp³-hybridized carbons (Fsp3) is 0.667. The maximum absolute atomic E-state index is 8.64. The number of rotatable bonds is 7. The van der Waals surface area contributed by atoms with E-state index in [9.17, 15) is 0 Å². The molecule has 102 valence electrons. The average Bonchev–Trinajstić information content (AvgIpc) is 2.78. The first kappa shape index (κ1) is 14.5. The molecule has 1 rings (SSSR count). The smallest absolute Gasteiger partial charge is 0.143 e. The van der Waals surface area contributed by atoms with Crippen molar-refractivity contribution in [2.75, 3.05) is 19.6 Å². The Morgan fingerprint density at radius 3 is 2.89 bits per heavy atom. The number of oxime groups is 1. The van der Waals surface area contributed by atoms with Gasteiger partial charge in [0.05, 0.1) is 0 Å². The number of aryl methyl sites for hydroxylation is 1. The van der Waals surface area contributed by atoms with Gasteiger partial charge < -0.3 is 20.4 Å². The van der Waals surface area contributed by atoms with Gasteiger partial charge in [-0.3, -0.25) is 0 Å². The molecule has 0 spiro atoms. The molecule has 3 N–H and O–H groups in total. The first-order chi connectivity index (χ1) is 8.58. The lowest BCUT2D eigenvalue weighted by Gasteiger charge is -2.24. The van der Waals surface area contributed by atoms with E-state index >= 15 is 0 Å². The van der Waals surface area contributed by atoms with E-state index in [0.717, 1.165) is 32.0 Å². The van der Waals surface area contributed by atoms with Crippen LogP contribution in [-0.4, -0.2) is 45.1 Å². The molecule has 0 saturated heterocycles. The molecule has 0 radical (unpaired) electrons. The molecule has 1 aromatic heterocycles. The van der Waals surface area contributed by atoms with Crippen LogP contribution >= 0.6 is 0 Å². The fourth-order valence-electron chi connectivity index (χ4n) is 1.85. The van der Waals surface area contributed by atoms with Gasteiger partial charge in [-0.05, 0) is 13.5 Å². The lowest BCUT2D eigenvalue weighted by atomic mass is 10.1. The van der Waals surface area contributed by atoms with Crippen LogP contribution in [0.4, 0.5) is 0 Å². The summed E-state index contributed by atoms with van der Waals surface area (Å²) in [5.74, 6) is 1.36. The van der Waals surface area contributed by atoms with Gasteiger partial charge in [0.1, 0.15) is 11.7 Å². The Kier molecular flexibility index (Phi) is 5.64. The summed E-state index contributed by atoms with van der Waals surface area (Å²) in [6.07, 6.45) is 3.79. The second-order valence-corrected chi connectivity index (χ2v) is 4.49. The number of nitrogens with zero attached hydrogens (tertiary/aromatic N) is 4. The molecule has 0 amide bonds. The number of nitrogens with two attached hydrogens (primary N) is 1. The maximum atomic E-state index is 8.64. The number of imidazole rings is 1. The van der Waals surface area contributed by atoms with E-state index in [1.165, 1.54) is 0 Å². The van der Waals surface area contributed by atoms with Gasteiger partial charge in [-0.15, -0.1) is 0 Å². The van der Waals surface area contributed by atoms with Crippen molar-refractivity contribution in [3.05, 3.63) is 18.2 Å². The van der Waals surface area contributed by atoms with E-state index in [2.05, 4.69) is 26.5 Å². The molecule has 0 aliphatic heterocycles. The number of aromatic nitrogens is 2. The average molecular weight is 253 g/mol. The predicted molar refractivity (Wildman–Crippen MR) is 71.7 cm³/mol. The number of hydrogen-bond acceptors (Lipinski definition) is 4. The highest BCUT2D eigenvalue weighted by Crippen LogP contribution is 2.02. The second-order valence-electron chi connectivity index (χ2n) is 4.49. The molecular formula is C12H23N5O. The zero-order chi connectivity index (χ0) is 13.5. The minimum atomic E-state index is 0.0545. The molecular weight excluding hydrogens is 230 g/mol. The maximum Gasteiger partial charge on any atom is 0.143 e. The monoisotopic (exact) mass is 253 g/mol. The summed E-state index contributed by atoms with van der Waals surface area (Å²) in [4.78, 5) is 6.48. The van der Waals surface area contributed by atoms with Crippen LogP contribution in [0.15, 0.2) is 17.5 Å². The lowest BCUT2D eigenvalue weighted by molar-refractivity contribution is 0.255. The minimum Gasteiger partial charge on any atom is -0.409 e. The summed E-state index contributed by atoms with van der Waals surface area (Å²) >= 11 is 0. The topological polar surface area (TPSA) is 79.7 Å². The third-order valence-electron chi connectivity index (χ3n) is 3.18. The largest absolute Gasteiger partial charge is 0.409 e. The molecule has 0 aromatic carbocycles. The normalized spacial score (nSPS) is 14.1. The molecule has 18 heavy (non-hydrogen) atoms. The molecule has 1 unspecified atom stereocenters. The molecule has 0 aliphatic rings. The Balaban J connectivity index is 2.45. The van der Waals surface area contributed by atoms with E-state index in [4.69, 9.17) is 10.9 Å². The van der Waals surface area contributed by atoms with Crippen LogP contribution in [0.25, 0.3) is 0 Å². The second kappa shape index (κ2) is 7.00. The summed E-state index contributed by atoms with van der Waals surface area (Å²) in [6, 6.07) is 0. The van der Waals surface area contributed by atoms with Crippen molar-refractivity contribution in [2.24, 2.45) is 16.8 Å². The molecule has 1 heterocycles. The minimum absolute atomic E-state index is 0.0545. The van der Waals surface area contributed by atoms with E-state index in [0.29, 0.717) is 0 Å². The highest BCUT2D eigenvalue weighted by atomic mass is 16.4. The standard InChI is InChI=1S/C12H23N5O/c1-4-16(9-10(2)12(13)15-18)7-8-17-6-5-14-11(17)3/h5-6,10,18H,4,7-9H2,1-3H3,(H2,13,15). The van der Waals surface area contributed by atoms with Crippen LogP contribution in [-0.2, 0) is 6.54 Å². The van der Waals surface area contributed by atoms with Gasteiger partial charge >= 0.3 is 0 Å². The third-order valence-corrected chi connectivity index (χ3v) is 3.18. The SMILES string of the molecule is CCN(CCn1ccnc1C)CC(C)/C(N)=N/O. The van der Waals surface area contributed by atoms with Crippen LogP contribution in [0.1, 0.15) is 19.7 Å². The van der Waals surface area contributed by atoms with Crippen LogP contribution in [0.3, 0.4) is 0 Å². The van der Waals surface area contributed by atoms with Gasteiger partial charge in [-0.25, -0.2) is 4.98 Å². The van der Waals surface area contributed by atoms with Gasteiger partial charge in [0.15, 0.2) is 0 Å². The molecule has 0 fully saturated rings. The number of hydrogen-bond donors (Lipinski definition) is 2. The molecule has 6 heteroatoms. The van der Waals surface area contributed by atoms with Crippen LogP contribution in [0, 0.1) is 12.8 Å². The lowest BCUT2D eigenvalue weighted by Crippen LogP contribution is -2.36. The molecule has 0 saturated carbocycles. The molecule has 1 atom stereocenters. The summed E-state index contributed by atoms with van der Waals surface area (Å²) in [7, 11) is 0. The summed E-state index contributed by atoms with van der Waals surface area (Å²) in [5, 5.41) is 11.7. The van der Waals surface area contributed by atoms with Crippen molar-refractivity contribution in [1.82, 2.24) is 14.5 Å². The molecule has 6 nitrogen and oxygen atoms in total. The van der Waals surface area contributed by atoms with Crippen molar-refractivity contribution in [1.29, 1.82) is 0 Å². The fourth-order valence-corrected chi connectivity index (χ4v) is 1.85. The van der Waals surface area contributed by atoms with Crippen molar-refractivity contribution < 1.29 is 5.21 Å². The Morgan fingerprint density at radius 1 is 1.67 bits per heavy atom. The van der Waals surface area contributed by atoms with Crippen molar-refractivity contribution >= 4 is 5.84 Å². The van der Waals surface area contributed by atoms with Gasteiger partial charge in [0.2, 0.25) is 0 Å². The van der Waals surface area contributed by atoms with Crippen LogP contribution in [0.5, 0.6) is 0 Å². The van der Waals surface area contributed by atoms with Crippen molar-refractivity contribution in [3.8, 4) is 0 Å². The summed E-state index contributed by atoms with van der Waals surface area (Å²) in [6.45, 7) is 9.63. The molecule has 0 aliphatic carbocycles. The summed E-state index contributed by atoms with van der Waals surface area (Å²) in [5.41, 5.74) is 5.59. The Bertz CT molecular complexity index is 388. The predicted octanol–water partition coefficient (Wildman–Crippen LogP) is 0.896. The highest BCUT2D eigenvalue weighted by Gasteiger charge is 2.12. The van der Waals surface area contributed by atoms with E-state index < -0.39 is 0 Å². The first-order valence-corrected chi connectivity index (χ1v) is 6.26. The van der Waals surface area contributed by atoms with E-state index in [1.54, 1.807) is 0 Å². The van der Waals surface area contributed by atoms with Crippen LogP contribution in [0.2, 0.25) is 0 Å². The van der Waals surface area contributed by atoms with Gasteiger partial charge in [0, 0.05) is 37.9 Å². The van der Waals surface area contributed by atoms with E-state index in [-0.39, 0.29) is 11.8 Å². The molecule has 1 aromatic rings. The van der Waals surface area contributed by atoms with Crippen LogP contribution < -0.4 is 5.73 Å². The van der Waals surface area contributed by atoms with Gasteiger partial charge in [0.25, 0.3) is 0 Å². The molecule has 0 bridgehead atoms. The van der Waals surface area contributed by atoms with E-state index in [1.807, 2.05) is 26.2 Å². The first-order valence-electron chi connectivity index (χ1n) is 6.26. The third kappa shape index (κ3) is 4.03. The Hall–Kier alpha value is -1.56. The van der Waals surface area contributed by atoms with Gasteiger partial charge in [-0.2, -0.15) is 0 Å². The van der Waals surface area contributed by atoms with Gasteiger partial charge in [-0.1, -0.05) is 19.0 Å². The Morgan fingerprint density at radius 2 is 2.39 bits per heavy atom. The number of likely N-dealkylation sites (N-methyl/N-ethyl adjacent to an activating group) is 1. The van der Waals surface area contributed by atoms with Crippen molar-refractivity contribution in [3.63, 3.8) is 0 Å². The van der Waals surface area contributed by atoms with Crippen molar-refractivity contribution in [2.45, 2.75) is 27.3 Å². The Labute approximate surface area is 108 Å². The zero-order valence-electron chi connectivity index (χ0n) is 11.4.